The summed E-state index contributed by atoms with van der Waals surface area (Å²) in [6.07, 6.45) is 4.51. The van der Waals surface area contributed by atoms with Gasteiger partial charge in [0.1, 0.15) is 0 Å². The highest BCUT2D eigenvalue weighted by Crippen LogP contribution is 2.24. The molecule has 1 aliphatic rings. The Bertz CT molecular complexity index is 779. The first kappa shape index (κ1) is 21.2. The molecule has 3 heterocycles. The van der Waals surface area contributed by atoms with Crippen LogP contribution in [0.2, 0.25) is 0 Å². The molecule has 8 heteroatoms. The van der Waals surface area contributed by atoms with Crippen LogP contribution >= 0.6 is 11.3 Å². The highest BCUT2D eigenvalue weighted by atomic mass is 32.1. The molecule has 0 unspecified atom stereocenters. The molecule has 7 nitrogen and oxygen atoms in total. The molecule has 2 aromatic rings. The number of nitrogens with one attached hydrogen (secondary N) is 3. The summed E-state index contributed by atoms with van der Waals surface area (Å²) in [4.78, 5) is 19.1. The molecular weight excluding hydrogens is 386 g/mol. The van der Waals surface area contributed by atoms with Gasteiger partial charge in [-0.05, 0) is 56.7 Å². The summed E-state index contributed by atoms with van der Waals surface area (Å²) < 4.78 is 5.21. The summed E-state index contributed by atoms with van der Waals surface area (Å²) in [5, 5.41) is 13.3. The second-order valence-electron chi connectivity index (χ2n) is 7.16. The molecule has 0 atom stereocenters. The number of carbonyl (C=O) groups excluding carboxylic acids is 1. The maximum atomic E-state index is 12.0. The van der Waals surface area contributed by atoms with Gasteiger partial charge in [0.05, 0.1) is 11.3 Å². The lowest BCUT2D eigenvalue weighted by Gasteiger charge is -2.33. The van der Waals surface area contributed by atoms with Crippen molar-refractivity contribution in [1.82, 2.24) is 16.0 Å². The maximum Gasteiger partial charge on any atom is 0.287 e. The zero-order valence-corrected chi connectivity index (χ0v) is 18.1. The van der Waals surface area contributed by atoms with Gasteiger partial charge in [-0.3, -0.25) is 9.79 Å². The summed E-state index contributed by atoms with van der Waals surface area (Å²) in [5.41, 5.74) is 0.851. The number of furan rings is 1. The Morgan fingerprint density at radius 2 is 2.14 bits per heavy atom. The lowest BCUT2D eigenvalue weighted by Crippen LogP contribution is -2.48. The number of thiophene rings is 1. The van der Waals surface area contributed by atoms with E-state index < -0.39 is 0 Å². The fraction of sp³-hybridized carbons (Fsp3) is 0.524. The molecule has 0 spiro atoms. The van der Waals surface area contributed by atoms with Crippen molar-refractivity contribution in [2.45, 2.75) is 39.2 Å². The van der Waals surface area contributed by atoms with Gasteiger partial charge in [0, 0.05) is 44.3 Å². The highest BCUT2D eigenvalue weighted by molar-refractivity contribution is 7.14. The Morgan fingerprint density at radius 3 is 2.79 bits per heavy atom. The van der Waals surface area contributed by atoms with E-state index in [1.54, 1.807) is 17.4 Å². The number of piperidine rings is 1. The Hall–Kier alpha value is -2.48. The normalized spacial score (nSPS) is 15.4. The number of amides is 1. The number of hydrogen-bond acceptors (Lipinski definition) is 5. The molecule has 3 rings (SSSR count). The van der Waals surface area contributed by atoms with Crippen molar-refractivity contribution in [2.24, 2.45) is 4.99 Å². The van der Waals surface area contributed by atoms with Crippen molar-refractivity contribution in [1.29, 1.82) is 0 Å². The highest BCUT2D eigenvalue weighted by Gasteiger charge is 2.20. The van der Waals surface area contributed by atoms with E-state index in [0.717, 1.165) is 50.4 Å². The molecular formula is C21H31N5O2S. The zero-order chi connectivity index (χ0) is 20.5. The SMILES string of the molecule is CCNC(=NCCCNC(=O)c1occc1C)NC1CCN(c2cccs2)CC1. The third-order valence-electron chi connectivity index (χ3n) is 4.96. The Balaban J connectivity index is 1.38. The topological polar surface area (TPSA) is 81.9 Å². The van der Waals surface area contributed by atoms with E-state index in [2.05, 4.69) is 50.3 Å². The average Bonchev–Trinajstić information content (AvgIpc) is 3.40. The fourth-order valence-electron chi connectivity index (χ4n) is 3.36. The maximum absolute atomic E-state index is 12.0. The number of hydrogen-bond donors (Lipinski definition) is 3. The molecule has 1 saturated heterocycles. The van der Waals surface area contributed by atoms with Crippen molar-refractivity contribution in [3.05, 3.63) is 41.2 Å². The molecule has 2 aromatic heterocycles. The first-order valence-electron chi connectivity index (χ1n) is 10.3. The minimum Gasteiger partial charge on any atom is -0.459 e. The van der Waals surface area contributed by atoms with Crippen molar-refractivity contribution >= 4 is 28.2 Å². The predicted octanol–water partition coefficient (Wildman–Crippen LogP) is 2.99. The van der Waals surface area contributed by atoms with Crippen molar-refractivity contribution in [3.8, 4) is 0 Å². The summed E-state index contributed by atoms with van der Waals surface area (Å²) in [7, 11) is 0. The van der Waals surface area contributed by atoms with Crippen molar-refractivity contribution in [3.63, 3.8) is 0 Å². The largest absolute Gasteiger partial charge is 0.459 e. The van der Waals surface area contributed by atoms with Crippen LogP contribution in [0.15, 0.2) is 39.3 Å². The molecule has 0 radical (unpaired) electrons. The minimum absolute atomic E-state index is 0.168. The predicted molar refractivity (Wildman–Crippen MR) is 119 cm³/mol. The molecule has 1 fully saturated rings. The standard InChI is InChI=1S/C21H31N5O2S/c1-3-22-21(24-11-5-10-23-20(27)19-16(2)9-14-28-19)25-17-7-12-26(13-8-17)18-6-4-15-29-18/h4,6,9,14-15,17H,3,5,7-8,10-13H2,1-2H3,(H,23,27)(H2,22,24,25). The van der Waals surface area contributed by atoms with Gasteiger partial charge >= 0.3 is 0 Å². The van der Waals surface area contributed by atoms with Gasteiger partial charge in [-0.15, -0.1) is 11.3 Å². The van der Waals surface area contributed by atoms with E-state index in [1.807, 2.05) is 6.92 Å². The Labute approximate surface area is 176 Å². The van der Waals surface area contributed by atoms with Crippen molar-refractivity contribution in [2.75, 3.05) is 37.6 Å². The van der Waals surface area contributed by atoms with Gasteiger partial charge in [0.15, 0.2) is 11.7 Å². The molecule has 1 aliphatic heterocycles. The van der Waals surface area contributed by atoms with E-state index in [4.69, 9.17) is 4.42 Å². The lowest BCUT2D eigenvalue weighted by molar-refractivity contribution is 0.0925. The summed E-state index contributed by atoms with van der Waals surface area (Å²) in [5.74, 6) is 1.08. The molecule has 158 valence electrons. The van der Waals surface area contributed by atoms with Crippen LogP contribution in [0, 0.1) is 6.92 Å². The van der Waals surface area contributed by atoms with Crippen LogP contribution in [-0.4, -0.2) is 50.6 Å². The van der Waals surface area contributed by atoms with Gasteiger partial charge in [-0.2, -0.15) is 0 Å². The van der Waals surface area contributed by atoms with Crippen LogP contribution in [0.25, 0.3) is 0 Å². The number of carbonyl (C=O) groups is 1. The number of guanidine groups is 1. The quantitative estimate of drug-likeness (QED) is 0.349. The van der Waals surface area contributed by atoms with Crippen LogP contribution in [0.1, 0.15) is 42.3 Å². The fourth-order valence-corrected chi connectivity index (χ4v) is 4.15. The van der Waals surface area contributed by atoms with Gasteiger partial charge in [-0.25, -0.2) is 0 Å². The van der Waals surface area contributed by atoms with E-state index >= 15 is 0 Å². The first-order valence-corrected chi connectivity index (χ1v) is 11.2. The molecule has 0 aromatic carbocycles. The lowest BCUT2D eigenvalue weighted by atomic mass is 10.1. The summed E-state index contributed by atoms with van der Waals surface area (Å²) in [6.45, 7) is 8.12. The third-order valence-corrected chi connectivity index (χ3v) is 5.89. The van der Waals surface area contributed by atoms with Crippen molar-refractivity contribution < 1.29 is 9.21 Å². The third kappa shape index (κ3) is 6.25. The van der Waals surface area contributed by atoms with Crippen LogP contribution in [0.4, 0.5) is 5.00 Å². The van der Waals surface area contributed by atoms with E-state index in [0.29, 0.717) is 24.9 Å². The second kappa shape index (κ2) is 10.9. The monoisotopic (exact) mass is 417 g/mol. The number of anilines is 1. The zero-order valence-electron chi connectivity index (χ0n) is 17.2. The van der Waals surface area contributed by atoms with Crippen LogP contribution < -0.4 is 20.9 Å². The molecule has 0 aliphatic carbocycles. The van der Waals surface area contributed by atoms with Crippen LogP contribution in [0.5, 0.6) is 0 Å². The summed E-state index contributed by atoms with van der Waals surface area (Å²) >= 11 is 1.80. The number of nitrogens with zero attached hydrogens (tertiary/aromatic N) is 2. The minimum atomic E-state index is -0.168. The van der Waals surface area contributed by atoms with E-state index in [9.17, 15) is 4.79 Å². The Morgan fingerprint density at radius 1 is 1.31 bits per heavy atom. The average molecular weight is 418 g/mol. The Kier molecular flexibility index (Phi) is 7.98. The smallest absolute Gasteiger partial charge is 0.287 e. The molecule has 29 heavy (non-hydrogen) atoms. The summed E-state index contributed by atoms with van der Waals surface area (Å²) in [6, 6.07) is 6.53. The van der Waals surface area contributed by atoms with Gasteiger partial charge in [0.25, 0.3) is 5.91 Å². The van der Waals surface area contributed by atoms with E-state index in [-0.39, 0.29) is 5.91 Å². The van der Waals surface area contributed by atoms with Crippen LogP contribution in [-0.2, 0) is 0 Å². The number of aryl methyl sites for hydroxylation is 1. The molecule has 3 N–H and O–H groups in total. The van der Waals surface area contributed by atoms with Gasteiger partial charge in [0.2, 0.25) is 0 Å². The second-order valence-corrected chi connectivity index (χ2v) is 8.09. The number of rotatable bonds is 8. The van der Waals surface area contributed by atoms with Crippen LogP contribution in [0.3, 0.4) is 0 Å². The molecule has 0 bridgehead atoms. The molecule has 1 amide bonds. The van der Waals surface area contributed by atoms with Gasteiger partial charge < -0.3 is 25.3 Å². The first-order chi connectivity index (χ1) is 14.2. The molecule has 0 saturated carbocycles. The van der Waals surface area contributed by atoms with Gasteiger partial charge in [-0.1, -0.05) is 0 Å². The van der Waals surface area contributed by atoms with E-state index in [1.165, 1.54) is 11.3 Å². The number of aliphatic imine (C=N–C) groups is 1.